The van der Waals surface area contributed by atoms with Gasteiger partial charge in [0.2, 0.25) is 0 Å². The molecule has 0 aromatic heterocycles. The van der Waals surface area contributed by atoms with E-state index in [9.17, 15) is 0 Å². The van der Waals surface area contributed by atoms with Crippen LogP contribution >= 0.6 is 0 Å². The minimum absolute atomic E-state index is 0.0545. The summed E-state index contributed by atoms with van der Waals surface area (Å²) < 4.78 is 0. The Bertz CT molecular complexity index is 2440. The third-order valence-electron chi connectivity index (χ3n) is 12.4. The van der Waals surface area contributed by atoms with Crippen molar-refractivity contribution in [1.29, 1.82) is 0 Å². The summed E-state index contributed by atoms with van der Waals surface area (Å²) in [4.78, 5) is 2.55. The number of nitrogens with zero attached hydrogens (tertiary/aromatic N) is 1. The second kappa shape index (κ2) is 10.8. The minimum atomic E-state index is -0.126. The molecule has 0 amide bonds. The van der Waals surface area contributed by atoms with Crippen LogP contribution in [0.3, 0.4) is 0 Å². The van der Waals surface area contributed by atoms with Crippen LogP contribution in [0.5, 0.6) is 0 Å². The van der Waals surface area contributed by atoms with Crippen LogP contribution in [-0.4, -0.2) is 0 Å². The van der Waals surface area contributed by atoms with Gasteiger partial charge in [0.15, 0.2) is 0 Å². The van der Waals surface area contributed by atoms with Gasteiger partial charge in [-0.1, -0.05) is 163 Å². The van der Waals surface area contributed by atoms with Gasteiger partial charge in [0, 0.05) is 27.7 Å². The fourth-order valence-corrected chi connectivity index (χ4v) is 8.92. The number of benzene rings is 7. The molecular formula is C49H43N. The van der Waals surface area contributed by atoms with E-state index in [1.165, 1.54) is 77.8 Å². The first-order valence-corrected chi connectivity index (χ1v) is 18.0. The molecule has 7 aromatic carbocycles. The summed E-state index contributed by atoms with van der Waals surface area (Å²) in [5.41, 5.74) is 16.7. The number of hydrogen-bond acceptors (Lipinski definition) is 1. The maximum atomic E-state index is 2.55. The first-order chi connectivity index (χ1) is 24.1. The van der Waals surface area contributed by atoms with Gasteiger partial charge in [0.25, 0.3) is 0 Å². The standard InChI is InChI=1S/C49H43N/c1-47(2)41-22-14-13-21-40(41)45-44(47)30-34-18-10-11-19-37(34)46(45)50(35-26-24-33(25-27-35)32-16-8-7-9-17-32)36-28-29-39-38-20-12-15-23-42(38)48(3,4)49(5,6)43(39)31-36/h7-31H,1-6H3. The molecular weight excluding hydrogens is 603 g/mol. The Balaban J connectivity index is 1.36. The van der Waals surface area contributed by atoms with Crippen LogP contribution in [-0.2, 0) is 16.2 Å². The smallest absolute Gasteiger partial charge is 0.0621 e. The summed E-state index contributed by atoms with van der Waals surface area (Å²) in [6, 6.07) is 56.6. The van der Waals surface area contributed by atoms with E-state index in [2.05, 4.69) is 198 Å². The highest BCUT2D eigenvalue weighted by molar-refractivity contribution is 6.10. The molecule has 0 spiro atoms. The molecule has 0 N–H and O–H groups in total. The van der Waals surface area contributed by atoms with Crippen LogP contribution in [0.4, 0.5) is 17.1 Å². The van der Waals surface area contributed by atoms with E-state index in [1.54, 1.807) is 0 Å². The second-order valence-electron chi connectivity index (χ2n) is 15.8. The molecule has 1 heteroatoms. The average molecular weight is 646 g/mol. The van der Waals surface area contributed by atoms with Gasteiger partial charge >= 0.3 is 0 Å². The van der Waals surface area contributed by atoms with Gasteiger partial charge in [-0.05, 0) is 96.6 Å². The van der Waals surface area contributed by atoms with Gasteiger partial charge in [-0.15, -0.1) is 0 Å². The summed E-state index contributed by atoms with van der Waals surface area (Å²) in [7, 11) is 0. The molecule has 0 saturated carbocycles. The SMILES string of the molecule is CC1(C)c2ccccc2-c2c1cc1ccccc1c2N(c1ccc(-c2ccccc2)cc1)c1ccc2c(c1)C(C)(C)C(C)(C)c1ccccc1-2. The zero-order valence-corrected chi connectivity index (χ0v) is 29.9. The summed E-state index contributed by atoms with van der Waals surface area (Å²) >= 11 is 0. The Kier molecular flexibility index (Phi) is 6.62. The zero-order valence-electron chi connectivity index (χ0n) is 29.9. The molecule has 0 fully saturated rings. The molecule has 0 atom stereocenters. The second-order valence-corrected chi connectivity index (χ2v) is 15.8. The third-order valence-corrected chi connectivity index (χ3v) is 12.4. The van der Waals surface area contributed by atoms with Crippen LogP contribution in [0, 0.1) is 0 Å². The molecule has 0 saturated heterocycles. The maximum absolute atomic E-state index is 2.55. The van der Waals surface area contributed by atoms with Gasteiger partial charge < -0.3 is 4.90 Å². The first-order valence-electron chi connectivity index (χ1n) is 18.0. The molecule has 50 heavy (non-hydrogen) atoms. The highest BCUT2D eigenvalue weighted by Crippen LogP contribution is 2.58. The maximum Gasteiger partial charge on any atom is 0.0621 e. The topological polar surface area (TPSA) is 3.24 Å². The molecule has 1 nitrogen and oxygen atoms in total. The fourth-order valence-electron chi connectivity index (χ4n) is 8.92. The number of anilines is 3. The molecule has 0 heterocycles. The van der Waals surface area contributed by atoms with Crippen molar-refractivity contribution in [2.45, 2.75) is 57.8 Å². The lowest BCUT2D eigenvalue weighted by atomic mass is 9.55. The quantitative estimate of drug-likeness (QED) is 0.184. The predicted molar refractivity (Wildman–Crippen MR) is 213 cm³/mol. The van der Waals surface area contributed by atoms with Crippen molar-refractivity contribution in [2.24, 2.45) is 0 Å². The fraction of sp³-hybridized carbons (Fsp3) is 0.184. The van der Waals surface area contributed by atoms with Gasteiger partial charge in [0.1, 0.15) is 0 Å². The summed E-state index contributed by atoms with van der Waals surface area (Å²) in [6.07, 6.45) is 0. The van der Waals surface area contributed by atoms with Crippen molar-refractivity contribution in [3.05, 3.63) is 174 Å². The minimum Gasteiger partial charge on any atom is -0.309 e. The van der Waals surface area contributed by atoms with E-state index in [4.69, 9.17) is 0 Å². The van der Waals surface area contributed by atoms with Crippen molar-refractivity contribution in [3.63, 3.8) is 0 Å². The Hall–Kier alpha value is -5.40. The van der Waals surface area contributed by atoms with Crippen molar-refractivity contribution >= 4 is 27.8 Å². The molecule has 9 rings (SSSR count). The van der Waals surface area contributed by atoms with E-state index < -0.39 is 0 Å². The van der Waals surface area contributed by atoms with Gasteiger partial charge in [-0.3, -0.25) is 0 Å². The largest absolute Gasteiger partial charge is 0.309 e. The molecule has 0 bridgehead atoms. The van der Waals surface area contributed by atoms with Crippen LogP contribution in [0.15, 0.2) is 152 Å². The normalized spacial score (nSPS) is 15.9. The predicted octanol–water partition coefficient (Wildman–Crippen LogP) is 13.5. The van der Waals surface area contributed by atoms with Crippen molar-refractivity contribution < 1.29 is 0 Å². The van der Waals surface area contributed by atoms with E-state index in [1.807, 2.05) is 0 Å². The van der Waals surface area contributed by atoms with Crippen molar-refractivity contribution in [2.75, 3.05) is 4.90 Å². The van der Waals surface area contributed by atoms with Gasteiger partial charge in [0.05, 0.1) is 5.69 Å². The highest BCUT2D eigenvalue weighted by Gasteiger charge is 2.46. The molecule has 7 aromatic rings. The molecule has 2 aliphatic rings. The summed E-state index contributed by atoms with van der Waals surface area (Å²) in [5, 5.41) is 2.52. The van der Waals surface area contributed by atoms with Crippen LogP contribution in [0.25, 0.3) is 44.2 Å². The molecule has 2 aliphatic carbocycles. The number of rotatable bonds is 4. The lowest BCUT2D eigenvalue weighted by Crippen LogP contribution is -2.43. The van der Waals surface area contributed by atoms with E-state index in [0.29, 0.717) is 0 Å². The number of fused-ring (bicyclic) bond motifs is 7. The average Bonchev–Trinajstić information content (AvgIpc) is 3.37. The summed E-state index contributed by atoms with van der Waals surface area (Å²) in [5.74, 6) is 0. The van der Waals surface area contributed by atoms with E-state index in [-0.39, 0.29) is 16.2 Å². The monoisotopic (exact) mass is 645 g/mol. The Morgan fingerprint density at radius 2 is 0.960 bits per heavy atom. The van der Waals surface area contributed by atoms with Crippen LogP contribution in [0.2, 0.25) is 0 Å². The van der Waals surface area contributed by atoms with Crippen LogP contribution < -0.4 is 4.90 Å². The Morgan fingerprint density at radius 1 is 0.400 bits per heavy atom. The Morgan fingerprint density at radius 3 is 1.72 bits per heavy atom. The third kappa shape index (κ3) is 4.26. The summed E-state index contributed by atoms with van der Waals surface area (Å²) in [6.45, 7) is 14.5. The lowest BCUT2D eigenvalue weighted by Gasteiger charge is -2.48. The highest BCUT2D eigenvalue weighted by atomic mass is 15.1. The van der Waals surface area contributed by atoms with Crippen molar-refractivity contribution in [3.8, 4) is 33.4 Å². The Labute approximate surface area is 296 Å². The zero-order chi connectivity index (χ0) is 34.4. The lowest BCUT2D eigenvalue weighted by molar-refractivity contribution is 0.299. The van der Waals surface area contributed by atoms with Crippen LogP contribution in [0.1, 0.15) is 63.8 Å². The van der Waals surface area contributed by atoms with Crippen molar-refractivity contribution in [1.82, 2.24) is 0 Å². The first kappa shape index (κ1) is 30.6. The molecule has 244 valence electrons. The molecule has 0 radical (unpaired) electrons. The van der Waals surface area contributed by atoms with E-state index in [0.717, 1.165) is 5.69 Å². The number of hydrogen-bond donors (Lipinski definition) is 0. The van der Waals surface area contributed by atoms with Gasteiger partial charge in [-0.2, -0.15) is 0 Å². The van der Waals surface area contributed by atoms with Gasteiger partial charge in [-0.25, -0.2) is 0 Å². The molecule has 0 aliphatic heterocycles. The molecule has 0 unspecified atom stereocenters. The van der Waals surface area contributed by atoms with E-state index >= 15 is 0 Å².